The lowest BCUT2D eigenvalue weighted by Gasteiger charge is -2.42. The number of carbonyl (C=O) groups is 1. The third kappa shape index (κ3) is 6.73. The fraction of sp³-hybridized carbons (Fsp3) is 0.500. The highest BCUT2D eigenvalue weighted by atomic mass is 32.2. The molecule has 0 saturated carbocycles. The quantitative estimate of drug-likeness (QED) is 0.352. The number of anilines is 1. The van der Waals surface area contributed by atoms with Crippen LogP contribution >= 0.6 is 0 Å². The number of hydrogen-bond acceptors (Lipinski definition) is 5. The molecule has 9 nitrogen and oxygen atoms in total. The maximum absolute atomic E-state index is 13.7. The molecule has 0 aliphatic carbocycles. The van der Waals surface area contributed by atoms with E-state index in [9.17, 15) is 13.2 Å². The molecule has 3 N–H and O–H groups in total. The number of carbonyl (C=O) groups excluding carboxylic acids is 1. The zero-order chi connectivity index (χ0) is 27.3. The molecule has 2 amide bonds. The molecular weight excluding hydrogens is 502 g/mol. The van der Waals surface area contributed by atoms with E-state index < -0.39 is 15.3 Å². The lowest BCUT2D eigenvalue weighted by Crippen LogP contribution is -2.56. The molecule has 0 spiro atoms. The molecule has 2 saturated heterocycles. The summed E-state index contributed by atoms with van der Waals surface area (Å²) < 4.78 is 32.8. The molecule has 0 aromatic heterocycles. The smallest absolute Gasteiger partial charge is 0.324 e. The minimum atomic E-state index is -3.26. The highest BCUT2D eigenvalue weighted by Gasteiger charge is 2.36. The second-order valence-electron chi connectivity index (χ2n) is 10.6. The van der Waals surface area contributed by atoms with Crippen molar-refractivity contribution in [2.45, 2.75) is 38.5 Å². The van der Waals surface area contributed by atoms with E-state index in [0.29, 0.717) is 57.2 Å². The summed E-state index contributed by atoms with van der Waals surface area (Å²) in [5, 5.41) is 7.37. The first-order valence-electron chi connectivity index (χ1n) is 13.3. The van der Waals surface area contributed by atoms with Gasteiger partial charge in [-0.25, -0.2) is 17.5 Å². The number of nitrogens with one attached hydrogen (secondary N) is 1. The van der Waals surface area contributed by atoms with Crippen LogP contribution in [0.2, 0.25) is 0 Å². The minimum Gasteiger partial charge on any atom is -0.384 e. The van der Waals surface area contributed by atoms with Gasteiger partial charge in [-0.3, -0.25) is 10.3 Å². The van der Waals surface area contributed by atoms with Gasteiger partial charge in [0.25, 0.3) is 0 Å². The van der Waals surface area contributed by atoms with Crippen molar-refractivity contribution in [3.8, 4) is 0 Å². The lowest BCUT2D eigenvalue weighted by atomic mass is 9.96. The standard InChI is InChI=1S/C28H39N5O4S/c1-21(2)38(35,36)32-13-11-22(12-14-32)16-31-17-24(20-37-19-23-7-4-3-5-8-23)18-33(28(31)34)26-10-6-9-25(15-26)27(29)30/h3-10,15,21-22,24H,11-14,16-20H2,1-2H3,(H3,29,30). The molecule has 38 heavy (non-hydrogen) atoms. The molecule has 1 atom stereocenters. The molecule has 0 radical (unpaired) electrons. The number of hydrogen-bond donors (Lipinski definition) is 2. The number of rotatable bonds is 10. The molecule has 2 aliphatic rings. The monoisotopic (exact) mass is 541 g/mol. The summed E-state index contributed by atoms with van der Waals surface area (Å²) in [5.74, 6) is 0.282. The number of urea groups is 1. The number of amidine groups is 1. The fourth-order valence-electron chi connectivity index (χ4n) is 5.14. The Hall–Kier alpha value is -2.95. The van der Waals surface area contributed by atoms with Crippen LogP contribution in [0.15, 0.2) is 54.6 Å². The van der Waals surface area contributed by atoms with Crippen molar-refractivity contribution >= 4 is 27.6 Å². The third-order valence-electron chi connectivity index (χ3n) is 7.36. The number of piperidine rings is 1. The van der Waals surface area contributed by atoms with Gasteiger partial charge in [0, 0.05) is 49.9 Å². The second-order valence-corrected chi connectivity index (χ2v) is 13.1. The van der Waals surface area contributed by atoms with Crippen molar-refractivity contribution in [3.05, 3.63) is 65.7 Å². The average molecular weight is 542 g/mol. The normalized spacial score (nSPS) is 19.8. The number of benzene rings is 2. The predicted molar refractivity (Wildman–Crippen MR) is 150 cm³/mol. The maximum atomic E-state index is 13.7. The number of nitrogen functional groups attached to an aromatic ring is 1. The molecule has 1 unspecified atom stereocenters. The van der Waals surface area contributed by atoms with Crippen LogP contribution in [-0.2, 0) is 21.4 Å². The lowest BCUT2D eigenvalue weighted by molar-refractivity contribution is 0.0661. The molecule has 10 heteroatoms. The zero-order valence-corrected chi connectivity index (χ0v) is 23.1. The van der Waals surface area contributed by atoms with E-state index in [4.69, 9.17) is 15.9 Å². The Balaban J connectivity index is 1.45. The van der Waals surface area contributed by atoms with Crippen LogP contribution in [0, 0.1) is 17.2 Å². The Morgan fingerprint density at radius 2 is 1.76 bits per heavy atom. The Bertz CT molecular complexity index is 1210. The Labute approximate surface area is 226 Å². The molecule has 2 aromatic carbocycles. The summed E-state index contributed by atoms with van der Waals surface area (Å²) >= 11 is 0. The van der Waals surface area contributed by atoms with Gasteiger partial charge < -0.3 is 15.4 Å². The minimum absolute atomic E-state index is 0.0426. The van der Waals surface area contributed by atoms with Crippen LogP contribution in [-0.4, -0.2) is 74.1 Å². The van der Waals surface area contributed by atoms with Gasteiger partial charge in [-0.2, -0.15) is 0 Å². The van der Waals surface area contributed by atoms with E-state index in [-0.39, 0.29) is 23.7 Å². The van der Waals surface area contributed by atoms with E-state index in [0.717, 1.165) is 18.4 Å². The Kier molecular flexibility index (Phi) is 9.07. The highest BCUT2D eigenvalue weighted by Crippen LogP contribution is 2.28. The van der Waals surface area contributed by atoms with Crippen LogP contribution < -0.4 is 10.6 Å². The van der Waals surface area contributed by atoms with Crippen LogP contribution in [0.25, 0.3) is 0 Å². The first-order chi connectivity index (χ1) is 18.1. The number of nitrogens with zero attached hydrogens (tertiary/aromatic N) is 3. The van der Waals surface area contributed by atoms with Crippen LogP contribution in [0.4, 0.5) is 10.5 Å². The summed E-state index contributed by atoms with van der Waals surface area (Å²) in [5.41, 5.74) is 8.09. The van der Waals surface area contributed by atoms with Crippen LogP contribution in [0.1, 0.15) is 37.8 Å². The summed E-state index contributed by atoms with van der Waals surface area (Å²) in [4.78, 5) is 17.3. The summed E-state index contributed by atoms with van der Waals surface area (Å²) in [6, 6.07) is 17.1. The number of sulfonamides is 1. The van der Waals surface area contributed by atoms with Crippen LogP contribution in [0.3, 0.4) is 0 Å². The maximum Gasteiger partial charge on any atom is 0.324 e. The third-order valence-corrected chi connectivity index (χ3v) is 9.64. The van der Waals surface area contributed by atoms with E-state index in [1.807, 2.05) is 47.4 Å². The summed E-state index contributed by atoms with van der Waals surface area (Å²) in [6.45, 7) is 7.08. The summed E-state index contributed by atoms with van der Waals surface area (Å²) in [7, 11) is -3.26. The van der Waals surface area contributed by atoms with E-state index in [1.165, 1.54) is 0 Å². The van der Waals surface area contributed by atoms with Gasteiger partial charge in [-0.05, 0) is 50.3 Å². The number of ether oxygens (including phenoxy) is 1. The predicted octanol–water partition coefficient (Wildman–Crippen LogP) is 3.50. The Morgan fingerprint density at radius 1 is 1.05 bits per heavy atom. The summed E-state index contributed by atoms with van der Waals surface area (Å²) in [6.07, 6.45) is 1.45. The molecule has 2 fully saturated rings. The largest absolute Gasteiger partial charge is 0.384 e. The van der Waals surface area contributed by atoms with Crippen molar-refractivity contribution in [2.24, 2.45) is 17.6 Å². The number of amides is 2. The van der Waals surface area contributed by atoms with Gasteiger partial charge in [0.2, 0.25) is 10.0 Å². The van der Waals surface area contributed by atoms with Gasteiger partial charge in [0.15, 0.2) is 0 Å². The van der Waals surface area contributed by atoms with Gasteiger partial charge in [0.1, 0.15) is 5.84 Å². The molecular formula is C28H39N5O4S. The molecule has 206 valence electrons. The SMILES string of the molecule is CC(C)S(=O)(=O)N1CCC(CN2CC(COCc3ccccc3)CN(c3cccc(C(=N)N)c3)C2=O)CC1. The van der Waals surface area contributed by atoms with Crippen molar-refractivity contribution in [1.29, 1.82) is 5.41 Å². The van der Waals surface area contributed by atoms with Gasteiger partial charge >= 0.3 is 6.03 Å². The topological polar surface area (TPSA) is 120 Å². The molecule has 2 aromatic rings. The van der Waals surface area contributed by atoms with E-state index >= 15 is 0 Å². The zero-order valence-electron chi connectivity index (χ0n) is 22.3. The average Bonchev–Trinajstić information content (AvgIpc) is 2.91. The number of nitrogens with two attached hydrogens (primary N) is 1. The molecule has 0 bridgehead atoms. The van der Waals surface area contributed by atoms with Gasteiger partial charge in [-0.15, -0.1) is 0 Å². The van der Waals surface area contributed by atoms with E-state index in [2.05, 4.69) is 0 Å². The van der Waals surface area contributed by atoms with Crippen molar-refractivity contribution in [1.82, 2.24) is 9.21 Å². The fourth-order valence-corrected chi connectivity index (χ4v) is 6.46. The van der Waals surface area contributed by atoms with E-state index in [1.54, 1.807) is 35.2 Å². The molecule has 2 aliphatic heterocycles. The van der Waals surface area contributed by atoms with Crippen molar-refractivity contribution < 1.29 is 17.9 Å². The first-order valence-corrected chi connectivity index (χ1v) is 14.8. The first kappa shape index (κ1) is 28.1. The molecule has 4 rings (SSSR count). The highest BCUT2D eigenvalue weighted by molar-refractivity contribution is 7.89. The second kappa shape index (κ2) is 12.3. The van der Waals surface area contributed by atoms with Crippen LogP contribution in [0.5, 0.6) is 0 Å². The van der Waals surface area contributed by atoms with Crippen molar-refractivity contribution in [2.75, 3.05) is 44.2 Å². The molecule has 2 heterocycles. The Morgan fingerprint density at radius 3 is 2.42 bits per heavy atom. The van der Waals surface area contributed by atoms with Gasteiger partial charge in [0.05, 0.1) is 18.5 Å². The van der Waals surface area contributed by atoms with Crippen molar-refractivity contribution in [3.63, 3.8) is 0 Å². The van der Waals surface area contributed by atoms with Gasteiger partial charge in [-0.1, -0.05) is 42.5 Å².